The smallest absolute Gasteiger partial charge is 0.311 e. The number of nitro groups is 1. The van der Waals surface area contributed by atoms with Crippen LogP contribution in [0.2, 0.25) is 0 Å². The molecule has 2 rings (SSSR count). The molecule has 0 radical (unpaired) electrons. The first-order chi connectivity index (χ1) is 7.08. The van der Waals surface area contributed by atoms with Crippen LogP contribution in [0.15, 0.2) is 12.3 Å². The van der Waals surface area contributed by atoms with Gasteiger partial charge in [-0.1, -0.05) is 0 Å². The van der Waals surface area contributed by atoms with Crippen molar-refractivity contribution in [1.29, 1.82) is 0 Å². The summed E-state index contributed by atoms with van der Waals surface area (Å²) in [4.78, 5) is 16.1. The Hall–Kier alpha value is -1.69. The van der Waals surface area contributed by atoms with E-state index in [4.69, 9.17) is 5.11 Å². The number of nitrogens with zero attached hydrogens (tertiary/aromatic N) is 3. The summed E-state index contributed by atoms with van der Waals surface area (Å²) < 4.78 is 0. The topological polar surface area (TPSA) is 79.5 Å². The molecule has 0 aromatic carbocycles. The summed E-state index contributed by atoms with van der Waals surface area (Å²) in [5.74, 6) is 0.343. The number of aliphatic hydroxyl groups is 1. The van der Waals surface area contributed by atoms with Gasteiger partial charge >= 0.3 is 5.69 Å². The lowest BCUT2D eigenvalue weighted by Crippen LogP contribution is -2.51. The summed E-state index contributed by atoms with van der Waals surface area (Å²) in [6.07, 6.45) is 1.19. The summed E-state index contributed by atoms with van der Waals surface area (Å²) in [5, 5.41) is 19.9. The minimum Gasteiger partial charge on any atom is -0.389 e. The van der Waals surface area contributed by atoms with Gasteiger partial charge in [-0.05, 0) is 12.5 Å². The van der Waals surface area contributed by atoms with Crippen molar-refractivity contribution in [3.8, 4) is 0 Å². The molecule has 0 atom stereocenters. The van der Waals surface area contributed by atoms with E-state index in [9.17, 15) is 10.1 Å². The maximum Gasteiger partial charge on any atom is 0.311 e. The van der Waals surface area contributed by atoms with Crippen LogP contribution in [-0.4, -0.2) is 34.2 Å². The van der Waals surface area contributed by atoms with Gasteiger partial charge in [-0.25, -0.2) is 4.98 Å². The highest BCUT2D eigenvalue weighted by Gasteiger charge is 2.31. The summed E-state index contributed by atoms with van der Waals surface area (Å²) in [5.41, 5.74) is 0.758. The molecule has 6 nitrogen and oxygen atoms in total. The van der Waals surface area contributed by atoms with Crippen LogP contribution in [0, 0.1) is 17.0 Å². The van der Waals surface area contributed by atoms with Crippen molar-refractivity contribution in [2.45, 2.75) is 13.0 Å². The summed E-state index contributed by atoms with van der Waals surface area (Å²) in [6.45, 7) is 2.59. The van der Waals surface area contributed by atoms with Crippen molar-refractivity contribution in [1.82, 2.24) is 4.98 Å². The highest BCUT2D eigenvalue weighted by molar-refractivity contribution is 5.60. The second-order valence-corrected chi connectivity index (χ2v) is 3.67. The lowest BCUT2D eigenvalue weighted by molar-refractivity contribution is -0.384. The molecule has 1 aromatic heterocycles. The Balaban J connectivity index is 2.34. The number of hydrogen-bond donors (Lipinski definition) is 1. The maximum absolute atomic E-state index is 10.8. The Morgan fingerprint density at radius 2 is 2.33 bits per heavy atom. The molecular weight excluding hydrogens is 198 g/mol. The molecule has 1 aliphatic rings. The number of aromatic nitrogens is 1. The van der Waals surface area contributed by atoms with Crippen LogP contribution >= 0.6 is 0 Å². The van der Waals surface area contributed by atoms with Crippen molar-refractivity contribution in [2.24, 2.45) is 0 Å². The zero-order chi connectivity index (χ0) is 11.0. The van der Waals surface area contributed by atoms with Gasteiger partial charge in [-0.15, -0.1) is 0 Å². The van der Waals surface area contributed by atoms with Gasteiger partial charge in [0.25, 0.3) is 0 Å². The fourth-order valence-corrected chi connectivity index (χ4v) is 1.55. The number of hydrogen-bond acceptors (Lipinski definition) is 5. The predicted molar refractivity (Wildman–Crippen MR) is 53.8 cm³/mol. The molecule has 0 amide bonds. The molecule has 15 heavy (non-hydrogen) atoms. The molecule has 0 unspecified atom stereocenters. The molecule has 0 saturated carbocycles. The maximum atomic E-state index is 10.8. The molecule has 0 aliphatic carbocycles. The first-order valence-electron chi connectivity index (χ1n) is 4.62. The highest BCUT2D eigenvalue weighted by atomic mass is 16.6. The largest absolute Gasteiger partial charge is 0.389 e. The molecule has 1 aromatic rings. The van der Waals surface area contributed by atoms with Gasteiger partial charge in [-0.3, -0.25) is 10.1 Å². The van der Waals surface area contributed by atoms with Crippen LogP contribution in [0.3, 0.4) is 0 Å². The molecular formula is C9H11N3O3. The molecule has 1 fully saturated rings. The summed E-state index contributed by atoms with van der Waals surface area (Å²) >= 11 is 0. The predicted octanol–water partition coefficient (Wildman–Crippen LogP) is 0.479. The average molecular weight is 209 g/mol. The van der Waals surface area contributed by atoms with Crippen LogP contribution in [0.25, 0.3) is 0 Å². The van der Waals surface area contributed by atoms with Crippen LogP contribution in [0.4, 0.5) is 11.5 Å². The van der Waals surface area contributed by atoms with Crippen molar-refractivity contribution < 1.29 is 10.0 Å². The molecule has 1 saturated heterocycles. The van der Waals surface area contributed by atoms with Gasteiger partial charge in [0.1, 0.15) is 0 Å². The van der Waals surface area contributed by atoms with Crippen LogP contribution in [0.5, 0.6) is 0 Å². The highest BCUT2D eigenvalue weighted by Crippen LogP contribution is 2.29. The number of aryl methyl sites for hydroxylation is 1. The zero-order valence-electron chi connectivity index (χ0n) is 8.25. The van der Waals surface area contributed by atoms with Crippen molar-refractivity contribution >= 4 is 11.5 Å². The van der Waals surface area contributed by atoms with E-state index >= 15 is 0 Å². The normalized spacial score (nSPS) is 16.3. The van der Waals surface area contributed by atoms with E-state index in [1.165, 1.54) is 6.07 Å². The quantitative estimate of drug-likeness (QED) is 0.566. The SMILES string of the molecule is Cc1cnc(N2CC(O)C2)c([N+](=O)[O-])c1. The Kier molecular flexibility index (Phi) is 2.28. The number of β-amino-alcohol motifs (C(OH)–C–C–N with tert-alkyl or cyclic N) is 1. The Morgan fingerprint density at radius 1 is 1.67 bits per heavy atom. The first-order valence-corrected chi connectivity index (χ1v) is 4.62. The van der Waals surface area contributed by atoms with E-state index in [1.54, 1.807) is 18.0 Å². The Labute approximate surface area is 86.3 Å². The fourth-order valence-electron chi connectivity index (χ4n) is 1.55. The third-order valence-electron chi connectivity index (χ3n) is 2.34. The van der Waals surface area contributed by atoms with Crippen molar-refractivity contribution in [3.05, 3.63) is 27.9 Å². The first kappa shape index (κ1) is 9.85. The van der Waals surface area contributed by atoms with E-state index in [-0.39, 0.29) is 5.69 Å². The van der Waals surface area contributed by atoms with E-state index in [0.717, 1.165) is 5.56 Å². The summed E-state index contributed by atoms with van der Waals surface area (Å²) in [7, 11) is 0. The minimum absolute atomic E-state index is 0.00176. The lowest BCUT2D eigenvalue weighted by Gasteiger charge is -2.36. The Morgan fingerprint density at radius 3 is 2.87 bits per heavy atom. The number of anilines is 1. The van der Waals surface area contributed by atoms with Crippen molar-refractivity contribution in [3.63, 3.8) is 0 Å². The monoisotopic (exact) mass is 209 g/mol. The van der Waals surface area contributed by atoms with Gasteiger partial charge in [0, 0.05) is 25.4 Å². The molecule has 80 valence electrons. The molecule has 0 spiro atoms. The Bertz CT molecular complexity index is 402. The van der Waals surface area contributed by atoms with Gasteiger partial charge in [-0.2, -0.15) is 0 Å². The molecule has 1 N–H and O–H groups in total. The molecule has 6 heteroatoms. The number of rotatable bonds is 2. The van der Waals surface area contributed by atoms with Gasteiger partial charge in [0.2, 0.25) is 5.82 Å². The van der Waals surface area contributed by atoms with Crippen LogP contribution in [0.1, 0.15) is 5.56 Å². The van der Waals surface area contributed by atoms with E-state index in [2.05, 4.69) is 4.98 Å². The van der Waals surface area contributed by atoms with Gasteiger partial charge in [0.05, 0.1) is 11.0 Å². The minimum atomic E-state index is -0.444. The third-order valence-corrected chi connectivity index (χ3v) is 2.34. The van der Waals surface area contributed by atoms with E-state index in [1.807, 2.05) is 0 Å². The van der Waals surface area contributed by atoms with Gasteiger partial charge < -0.3 is 10.0 Å². The van der Waals surface area contributed by atoms with Crippen LogP contribution in [-0.2, 0) is 0 Å². The average Bonchev–Trinajstić information content (AvgIpc) is 2.13. The third kappa shape index (κ3) is 1.75. The lowest BCUT2D eigenvalue weighted by atomic mass is 10.1. The van der Waals surface area contributed by atoms with Gasteiger partial charge in [0.15, 0.2) is 0 Å². The van der Waals surface area contributed by atoms with Crippen LogP contribution < -0.4 is 4.90 Å². The molecule has 1 aliphatic heterocycles. The second kappa shape index (κ2) is 3.47. The standard InChI is InChI=1S/C9H11N3O3/c1-6-2-8(12(14)15)9(10-3-6)11-4-7(13)5-11/h2-3,7,13H,4-5H2,1H3. The summed E-state index contributed by atoms with van der Waals surface area (Å²) in [6, 6.07) is 1.49. The van der Waals surface area contributed by atoms with E-state index < -0.39 is 11.0 Å². The zero-order valence-corrected chi connectivity index (χ0v) is 8.25. The number of pyridine rings is 1. The second-order valence-electron chi connectivity index (χ2n) is 3.67. The number of aliphatic hydroxyl groups excluding tert-OH is 1. The van der Waals surface area contributed by atoms with Crippen molar-refractivity contribution in [2.75, 3.05) is 18.0 Å². The van der Waals surface area contributed by atoms with E-state index in [0.29, 0.717) is 18.9 Å². The fraction of sp³-hybridized carbons (Fsp3) is 0.444. The molecule has 2 heterocycles. The molecule has 0 bridgehead atoms.